The summed E-state index contributed by atoms with van der Waals surface area (Å²) in [6, 6.07) is 23.9. The van der Waals surface area contributed by atoms with Gasteiger partial charge in [-0.05, 0) is 21.9 Å². The second-order valence-electron chi connectivity index (χ2n) is 7.42. The number of hydrogen-bond acceptors (Lipinski definition) is 3. The lowest BCUT2D eigenvalue weighted by atomic mass is 9.83. The van der Waals surface area contributed by atoms with Crippen molar-refractivity contribution in [3.8, 4) is 0 Å². The van der Waals surface area contributed by atoms with Crippen molar-refractivity contribution >= 4 is 38.7 Å². The maximum atomic E-state index is 13.3. The Bertz CT molecular complexity index is 1100. The van der Waals surface area contributed by atoms with E-state index < -0.39 is 0 Å². The molecular formula is C25H24N2O. The Labute approximate surface area is 165 Å². The summed E-state index contributed by atoms with van der Waals surface area (Å²) >= 11 is 0. The van der Waals surface area contributed by atoms with Crippen molar-refractivity contribution in [2.45, 2.75) is 25.7 Å². The van der Waals surface area contributed by atoms with E-state index in [1.807, 2.05) is 86.6 Å². The van der Waals surface area contributed by atoms with Gasteiger partial charge in [0.2, 0.25) is 0 Å². The molecule has 0 aliphatic carbocycles. The van der Waals surface area contributed by atoms with Gasteiger partial charge in [-0.15, -0.1) is 0 Å². The number of carbonyl (C=O) groups excluding carboxylic acids is 1. The summed E-state index contributed by atoms with van der Waals surface area (Å²) in [6.45, 7) is 3.85. The number of rotatable bonds is 4. The van der Waals surface area contributed by atoms with Crippen LogP contribution in [0.15, 0.2) is 72.8 Å². The van der Waals surface area contributed by atoms with Crippen LogP contribution in [0.2, 0.25) is 0 Å². The first kappa shape index (κ1) is 18.1. The van der Waals surface area contributed by atoms with E-state index in [4.69, 9.17) is 11.5 Å². The average molecular weight is 368 g/mol. The lowest BCUT2D eigenvalue weighted by Crippen LogP contribution is -2.18. The van der Waals surface area contributed by atoms with E-state index in [1.54, 1.807) is 0 Å². The van der Waals surface area contributed by atoms with Crippen molar-refractivity contribution in [2.75, 3.05) is 11.5 Å². The molecular weight excluding hydrogens is 344 g/mol. The van der Waals surface area contributed by atoms with Gasteiger partial charge in [0.05, 0.1) is 0 Å². The van der Waals surface area contributed by atoms with Crippen molar-refractivity contribution in [3.05, 3.63) is 83.9 Å². The second-order valence-corrected chi connectivity index (χ2v) is 7.42. The molecule has 0 fully saturated rings. The predicted octanol–water partition coefficient (Wildman–Crippen LogP) is 5.63. The zero-order valence-corrected chi connectivity index (χ0v) is 16.1. The molecule has 140 valence electrons. The summed E-state index contributed by atoms with van der Waals surface area (Å²) in [5.41, 5.74) is 15.9. The molecule has 0 spiro atoms. The van der Waals surface area contributed by atoms with Gasteiger partial charge in [-0.2, -0.15) is 0 Å². The number of carbonyl (C=O) groups is 1. The Morgan fingerprint density at radius 2 is 1.04 bits per heavy atom. The molecule has 3 heteroatoms. The third kappa shape index (κ3) is 2.89. The molecule has 4 rings (SSSR count). The summed E-state index contributed by atoms with van der Waals surface area (Å²) in [7, 11) is 0. The highest BCUT2D eigenvalue weighted by molar-refractivity contribution is 6.01. The fourth-order valence-electron chi connectivity index (χ4n) is 4.06. The summed E-state index contributed by atoms with van der Waals surface area (Å²) in [5.74, 6) is -0.514. The smallest absolute Gasteiger partial charge is 0.147 e. The maximum Gasteiger partial charge on any atom is 0.147 e. The Kier molecular flexibility index (Phi) is 4.52. The van der Waals surface area contributed by atoms with Crippen molar-refractivity contribution in [3.63, 3.8) is 0 Å². The highest BCUT2D eigenvalue weighted by Crippen LogP contribution is 2.36. The van der Waals surface area contributed by atoms with Crippen LogP contribution >= 0.6 is 0 Å². The first-order valence-corrected chi connectivity index (χ1v) is 9.57. The highest BCUT2D eigenvalue weighted by Gasteiger charge is 2.26. The molecule has 0 saturated heterocycles. The number of fused-ring (bicyclic) bond motifs is 2. The summed E-state index contributed by atoms with van der Waals surface area (Å²) in [6.07, 6.45) is 0. The number of nitrogen functional groups attached to an aromatic ring is 2. The number of hydrogen-bond donors (Lipinski definition) is 2. The molecule has 4 aromatic rings. The van der Waals surface area contributed by atoms with E-state index in [1.165, 1.54) is 0 Å². The quantitative estimate of drug-likeness (QED) is 0.458. The zero-order chi connectivity index (χ0) is 19.8. The van der Waals surface area contributed by atoms with Crippen LogP contribution in [0.4, 0.5) is 11.4 Å². The molecule has 0 aliphatic heterocycles. The molecule has 28 heavy (non-hydrogen) atoms. The van der Waals surface area contributed by atoms with E-state index in [0.717, 1.165) is 32.7 Å². The summed E-state index contributed by atoms with van der Waals surface area (Å²) in [4.78, 5) is 13.3. The molecule has 2 unspecified atom stereocenters. The SMILES string of the molecule is CC(C(=O)C(C)c1ccc2ccccc2c1N)c1ccc2ccccc2c1N. The number of nitrogens with two attached hydrogens (primary N) is 2. The van der Waals surface area contributed by atoms with Crippen molar-refractivity contribution in [1.29, 1.82) is 0 Å². The Balaban J connectivity index is 1.71. The third-order valence-electron chi connectivity index (χ3n) is 5.80. The highest BCUT2D eigenvalue weighted by atomic mass is 16.1. The van der Waals surface area contributed by atoms with E-state index >= 15 is 0 Å². The van der Waals surface area contributed by atoms with Gasteiger partial charge in [-0.3, -0.25) is 4.79 Å². The van der Waals surface area contributed by atoms with Crippen LogP contribution in [-0.2, 0) is 4.79 Å². The largest absolute Gasteiger partial charge is 0.398 e. The standard InChI is InChI=1S/C25H24N2O/c1-15(19-13-11-17-7-3-5-9-21(17)23(19)26)25(28)16(2)20-14-12-18-8-4-6-10-22(18)24(20)27/h3-16H,26-27H2,1-2H3. The fourth-order valence-corrected chi connectivity index (χ4v) is 4.06. The minimum atomic E-state index is -0.314. The zero-order valence-electron chi connectivity index (χ0n) is 16.1. The van der Waals surface area contributed by atoms with E-state index in [2.05, 4.69) is 0 Å². The Hall–Kier alpha value is -3.33. The molecule has 2 atom stereocenters. The Morgan fingerprint density at radius 1 is 0.643 bits per heavy atom. The van der Waals surface area contributed by atoms with Gasteiger partial charge in [0.1, 0.15) is 5.78 Å². The lowest BCUT2D eigenvalue weighted by Gasteiger charge is -2.21. The van der Waals surface area contributed by atoms with Gasteiger partial charge >= 0.3 is 0 Å². The lowest BCUT2D eigenvalue weighted by molar-refractivity contribution is -0.121. The van der Waals surface area contributed by atoms with E-state index in [0.29, 0.717) is 11.4 Å². The Morgan fingerprint density at radius 3 is 1.46 bits per heavy atom. The van der Waals surface area contributed by atoms with Crippen molar-refractivity contribution in [2.24, 2.45) is 0 Å². The minimum absolute atomic E-state index is 0.115. The number of benzene rings is 4. The number of Topliss-reactive ketones (excluding diaryl/α,β-unsaturated/α-hetero) is 1. The van der Waals surface area contributed by atoms with Crippen molar-refractivity contribution in [1.82, 2.24) is 0 Å². The van der Waals surface area contributed by atoms with Gasteiger partial charge in [-0.25, -0.2) is 0 Å². The average Bonchev–Trinajstić information content (AvgIpc) is 2.73. The first-order valence-electron chi connectivity index (χ1n) is 9.57. The summed E-state index contributed by atoms with van der Waals surface area (Å²) < 4.78 is 0. The molecule has 0 saturated carbocycles. The molecule has 4 N–H and O–H groups in total. The van der Waals surface area contributed by atoms with Gasteiger partial charge in [0.15, 0.2) is 0 Å². The van der Waals surface area contributed by atoms with E-state index in [9.17, 15) is 4.79 Å². The van der Waals surface area contributed by atoms with Crippen LogP contribution in [0.25, 0.3) is 21.5 Å². The van der Waals surface area contributed by atoms with Gasteiger partial charge in [0, 0.05) is 34.0 Å². The predicted molar refractivity (Wildman–Crippen MR) is 119 cm³/mol. The monoisotopic (exact) mass is 368 g/mol. The van der Waals surface area contributed by atoms with Crippen LogP contribution in [0.1, 0.15) is 36.8 Å². The molecule has 0 radical (unpaired) electrons. The molecule has 0 aliphatic rings. The summed E-state index contributed by atoms with van der Waals surface area (Å²) in [5, 5.41) is 4.13. The first-order chi connectivity index (χ1) is 13.5. The molecule has 0 amide bonds. The van der Waals surface area contributed by atoms with Gasteiger partial charge in [-0.1, -0.05) is 86.6 Å². The minimum Gasteiger partial charge on any atom is -0.398 e. The molecule has 0 bridgehead atoms. The fraction of sp³-hybridized carbons (Fsp3) is 0.160. The molecule has 4 aromatic carbocycles. The van der Waals surface area contributed by atoms with Gasteiger partial charge < -0.3 is 11.5 Å². The topological polar surface area (TPSA) is 69.1 Å². The van der Waals surface area contributed by atoms with E-state index in [-0.39, 0.29) is 17.6 Å². The van der Waals surface area contributed by atoms with Crippen LogP contribution in [0, 0.1) is 0 Å². The second kappa shape index (κ2) is 7.01. The maximum absolute atomic E-state index is 13.3. The van der Waals surface area contributed by atoms with Crippen LogP contribution < -0.4 is 11.5 Å². The number of anilines is 2. The van der Waals surface area contributed by atoms with Crippen molar-refractivity contribution < 1.29 is 4.79 Å². The molecule has 0 aromatic heterocycles. The van der Waals surface area contributed by atoms with Crippen LogP contribution in [-0.4, -0.2) is 5.78 Å². The normalized spacial score (nSPS) is 13.5. The molecule has 3 nitrogen and oxygen atoms in total. The van der Waals surface area contributed by atoms with Crippen LogP contribution in [0.3, 0.4) is 0 Å². The third-order valence-corrected chi connectivity index (χ3v) is 5.80. The van der Waals surface area contributed by atoms with Crippen LogP contribution in [0.5, 0.6) is 0 Å². The number of ketones is 1. The van der Waals surface area contributed by atoms with Gasteiger partial charge in [0.25, 0.3) is 0 Å². The molecule has 0 heterocycles.